The highest BCUT2D eigenvalue weighted by molar-refractivity contribution is 7.98. The van der Waals surface area contributed by atoms with Crippen LogP contribution in [0, 0.1) is 0 Å². The Kier molecular flexibility index (Phi) is 7.35. The highest BCUT2D eigenvalue weighted by atomic mass is 32.2. The summed E-state index contributed by atoms with van der Waals surface area (Å²) in [4.78, 5) is 0.773. The van der Waals surface area contributed by atoms with Gasteiger partial charge in [0, 0.05) is 20.3 Å². The van der Waals surface area contributed by atoms with Gasteiger partial charge in [-0.1, -0.05) is 0 Å². The fourth-order valence-electron chi connectivity index (χ4n) is 1.59. The average Bonchev–Trinajstić information content (AvgIpc) is 2.49. The van der Waals surface area contributed by atoms with Crippen molar-refractivity contribution in [3.05, 3.63) is 6.07 Å². The van der Waals surface area contributed by atoms with Gasteiger partial charge in [0.25, 0.3) is 0 Å². The summed E-state index contributed by atoms with van der Waals surface area (Å²) < 4.78 is 31.6. The largest absolute Gasteiger partial charge is 0.493 e. The van der Waals surface area contributed by atoms with Crippen molar-refractivity contribution in [2.75, 3.05) is 48.3 Å². The number of hydrogen-bond donors (Lipinski definition) is 0. The number of ether oxygens (including phenoxy) is 6. The molecule has 0 fully saturated rings. The van der Waals surface area contributed by atoms with Crippen LogP contribution in [0.3, 0.4) is 0 Å². The van der Waals surface area contributed by atoms with Gasteiger partial charge in [-0.3, -0.25) is 0 Å². The molecule has 114 valence electrons. The second kappa shape index (κ2) is 8.78. The van der Waals surface area contributed by atoms with Crippen LogP contribution in [-0.4, -0.2) is 48.3 Å². The van der Waals surface area contributed by atoms with E-state index in [0.717, 1.165) is 4.90 Å². The smallest absolute Gasteiger partial charge is 0.188 e. The van der Waals surface area contributed by atoms with Crippen LogP contribution in [0.1, 0.15) is 0 Å². The first kappa shape index (κ1) is 16.7. The van der Waals surface area contributed by atoms with E-state index in [1.165, 1.54) is 11.8 Å². The third-order valence-electron chi connectivity index (χ3n) is 2.40. The average molecular weight is 304 g/mol. The molecule has 0 aliphatic rings. The van der Waals surface area contributed by atoms with E-state index in [-0.39, 0.29) is 13.6 Å². The number of benzene rings is 1. The highest BCUT2D eigenvalue weighted by Gasteiger charge is 2.21. The van der Waals surface area contributed by atoms with E-state index < -0.39 is 0 Å². The van der Waals surface area contributed by atoms with Crippen molar-refractivity contribution < 1.29 is 28.4 Å². The van der Waals surface area contributed by atoms with Crippen molar-refractivity contribution >= 4 is 11.8 Å². The van der Waals surface area contributed by atoms with E-state index in [2.05, 4.69) is 0 Å². The molecule has 0 N–H and O–H groups in total. The molecule has 0 saturated heterocycles. The topological polar surface area (TPSA) is 55.4 Å². The minimum Gasteiger partial charge on any atom is -0.493 e. The third kappa shape index (κ3) is 3.84. The standard InChI is InChI=1S/C13H20O6S/c1-14-7-18-10-6-9(16-3)12(19-8-15-2)13(20-5)11(10)17-4/h6H,7-8H2,1-5H3. The normalized spacial score (nSPS) is 10.2. The molecule has 0 aliphatic carbocycles. The van der Waals surface area contributed by atoms with Crippen LogP contribution in [-0.2, 0) is 9.47 Å². The van der Waals surface area contributed by atoms with Gasteiger partial charge < -0.3 is 28.4 Å². The number of rotatable bonds is 9. The summed E-state index contributed by atoms with van der Waals surface area (Å²) in [7, 11) is 6.24. The zero-order valence-electron chi connectivity index (χ0n) is 12.3. The maximum absolute atomic E-state index is 5.57. The SMILES string of the molecule is COCOc1cc(OC)c(OCOC)c(SC)c1OC. The first-order chi connectivity index (χ1) is 9.73. The maximum Gasteiger partial charge on any atom is 0.188 e. The predicted octanol–water partition coefficient (Wildman–Crippen LogP) is 2.39. The minimum atomic E-state index is 0.116. The summed E-state index contributed by atoms with van der Waals surface area (Å²) in [6, 6.07) is 1.70. The van der Waals surface area contributed by atoms with Crippen LogP contribution >= 0.6 is 11.8 Å². The predicted molar refractivity (Wildman–Crippen MR) is 76.3 cm³/mol. The third-order valence-corrected chi connectivity index (χ3v) is 3.18. The van der Waals surface area contributed by atoms with E-state index in [0.29, 0.717) is 23.0 Å². The molecular formula is C13H20O6S. The van der Waals surface area contributed by atoms with Crippen molar-refractivity contribution in [2.45, 2.75) is 4.90 Å². The van der Waals surface area contributed by atoms with E-state index in [4.69, 9.17) is 28.4 Å². The zero-order chi connectivity index (χ0) is 15.0. The Morgan fingerprint density at radius 3 is 2.00 bits per heavy atom. The molecule has 0 aromatic heterocycles. The molecule has 0 radical (unpaired) electrons. The monoisotopic (exact) mass is 304 g/mol. The lowest BCUT2D eigenvalue weighted by Gasteiger charge is -2.19. The lowest BCUT2D eigenvalue weighted by molar-refractivity contribution is 0.0430. The molecule has 1 aromatic carbocycles. The Morgan fingerprint density at radius 2 is 1.50 bits per heavy atom. The van der Waals surface area contributed by atoms with Crippen LogP contribution in [0.5, 0.6) is 23.0 Å². The summed E-state index contributed by atoms with van der Waals surface area (Å²) in [5.74, 6) is 2.20. The van der Waals surface area contributed by atoms with Crippen molar-refractivity contribution in [3.8, 4) is 23.0 Å². The molecule has 0 spiro atoms. The van der Waals surface area contributed by atoms with Gasteiger partial charge in [-0.2, -0.15) is 0 Å². The Labute approximate surface area is 123 Å². The second-order valence-corrected chi connectivity index (χ2v) is 4.39. The Bertz CT molecular complexity index is 424. The van der Waals surface area contributed by atoms with Crippen LogP contribution in [0.15, 0.2) is 11.0 Å². The number of methoxy groups -OCH3 is 4. The molecule has 0 amide bonds. The fraction of sp³-hybridized carbons (Fsp3) is 0.538. The van der Waals surface area contributed by atoms with Crippen molar-refractivity contribution in [2.24, 2.45) is 0 Å². The minimum absolute atomic E-state index is 0.116. The highest BCUT2D eigenvalue weighted by Crippen LogP contribution is 2.49. The summed E-state index contributed by atoms with van der Waals surface area (Å²) in [5, 5.41) is 0. The van der Waals surface area contributed by atoms with Gasteiger partial charge in [0.15, 0.2) is 36.6 Å². The molecule has 1 aromatic rings. The van der Waals surface area contributed by atoms with Crippen LogP contribution in [0.2, 0.25) is 0 Å². The van der Waals surface area contributed by atoms with E-state index >= 15 is 0 Å². The lowest BCUT2D eigenvalue weighted by Crippen LogP contribution is -2.06. The molecule has 1 rings (SSSR count). The number of hydrogen-bond acceptors (Lipinski definition) is 7. The van der Waals surface area contributed by atoms with Crippen molar-refractivity contribution in [3.63, 3.8) is 0 Å². The molecule has 0 atom stereocenters. The summed E-state index contributed by atoms with van der Waals surface area (Å²) >= 11 is 1.47. The summed E-state index contributed by atoms with van der Waals surface area (Å²) in [6.07, 6.45) is 1.91. The van der Waals surface area contributed by atoms with E-state index in [9.17, 15) is 0 Å². The molecule has 0 aliphatic heterocycles. The van der Waals surface area contributed by atoms with Gasteiger partial charge in [0.1, 0.15) is 0 Å². The number of thioether (sulfide) groups is 1. The van der Waals surface area contributed by atoms with Gasteiger partial charge in [-0.25, -0.2) is 0 Å². The van der Waals surface area contributed by atoms with E-state index in [1.807, 2.05) is 6.26 Å². The van der Waals surface area contributed by atoms with Gasteiger partial charge >= 0.3 is 0 Å². The van der Waals surface area contributed by atoms with E-state index in [1.54, 1.807) is 34.5 Å². The molecule has 6 nitrogen and oxygen atoms in total. The summed E-state index contributed by atoms with van der Waals surface area (Å²) in [6.45, 7) is 0.233. The van der Waals surface area contributed by atoms with Gasteiger partial charge in [-0.15, -0.1) is 11.8 Å². The molecule has 0 heterocycles. The van der Waals surface area contributed by atoms with Crippen molar-refractivity contribution in [1.29, 1.82) is 0 Å². The quantitative estimate of drug-likeness (QED) is 0.513. The second-order valence-electron chi connectivity index (χ2n) is 3.57. The molecule has 0 unspecified atom stereocenters. The maximum atomic E-state index is 5.57. The van der Waals surface area contributed by atoms with Gasteiger partial charge in [-0.05, 0) is 6.26 Å². The van der Waals surface area contributed by atoms with Gasteiger partial charge in [0.2, 0.25) is 0 Å². The van der Waals surface area contributed by atoms with Crippen molar-refractivity contribution in [1.82, 2.24) is 0 Å². The first-order valence-corrected chi connectivity index (χ1v) is 7.02. The Morgan fingerprint density at radius 1 is 0.850 bits per heavy atom. The Hall–Kier alpha value is -1.31. The Balaban J connectivity index is 3.28. The molecular weight excluding hydrogens is 284 g/mol. The molecule has 20 heavy (non-hydrogen) atoms. The fourth-order valence-corrected chi connectivity index (χ4v) is 2.31. The summed E-state index contributed by atoms with van der Waals surface area (Å²) in [5.41, 5.74) is 0. The lowest BCUT2D eigenvalue weighted by atomic mass is 10.2. The van der Waals surface area contributed by atoms with Crippen LogP contribution in [0.25, 0.3) is 0 Å². The first-order valence-electron chi connectivity index (χ1n) is 5.79. The van der Waals surface area contributed by atoms with Crippen LogP contribution in [0.4, 0.5) is 0 Å². The zero-order valence-corrected chi connectivity index (χ0v) is 13.2. The van der Waals surface area contributed by atoms with Crippen LogP contribution < -0.4 is 18.9 Å². The molecule has 0 bridgehead atoms. The molecule has 0 saturated carbocycles. The van der Waals surface area contributed by atoms with Gasteiger partial charge in [0.05, 0.1) is 19.1 Å². The molecule has 7 heteroatoms.